The Bertz CT molecular complexity index is 639. The molecule has 1 aliphatic carbocycles. The fourth-order valence-electron chi connectivity index (χ4n) is 2.83. The minimum atomic E-state index is -0.971. The van der Waals surface area contributed by atoms with Crippen LogP contribution in [0.25, 0.3) is 0 Å². The number of aryl methyl sites for hydroxylation is 2. The zero-order valence-corrected chi connectivity index (χ0v) is 11.8. The van der Waals surface area contributed by atoms with Crippen LogP contribution in [0.2, 0.25) is 5.02 Å². The van der Waals surface area contributed by atoms with Gasteiger partial charge in [0, 0.05) is 5.56 Å². The lowest BCUT2D eigenvalue weighted by molar-refractivity contribution is 0.215. The smallest absolute Gasteiger partial charge is 0.147 e. The molecular formula is C17H16ClFO. The summed E-state index contributed by atoms with van der Waals surface area (Å²) in [4.78, 5) is 0. The molecule has 0 spiro atoms. The van der Waals surface area contributed by atoms with Gasteiger partial charge in [-0.3, -0.25) is 0 Å². The topological polar surface area (TPSA) is 20.2 Å². The van der Waals surface area contributed by atoms with Crippen LogP contribution in [0.4, 0.5) is 4.39 Å². The van der Waals surface area contributed by atoms with Crippen molar-refractivity contribution in [2.45, 2.75) is 31.8 Å². The highest BCUT2D eigenvalue weighted by Gasteiger charge is 2.18. The van der Waals surface area contributed by atoms with Gasteiger partial charge >= 0.3 is 0 Å². The number of rotatable bonds is 2. The average molecular weight is 291 g/mol. The summed E-state index contributed by atoms with van der Waals surface area (Å²) in [5, 5.41) is 10.4. The quantitative estimate of drug-likeness (QED) is 0.867. The van der Waals surface area contributed by atoms with Crippen molar-refractivity contribution in [3.63, 3.8) is 0 Å². The molecule has 104 valence electrons. The van der Waals surface area contributed by atoms with Crippen LogP contribution in [0, 0.1) is 5.82 Å². The van der Waals surface area contributed by atoms with Crippen molar-refractivity contribution in [3.8, 4) is 0 Å². The molecule has 0 heterocycles. The summed E-state index contributed by atoms with van der Waals surface area (Å²) < 4.78 is 14.0. The first-order chi connectivity index (χ1) is 9.66. The first kappa shape index (κ1) is 13.6. The standard InChI is InChI=1S/C17H16ClFO/c18-15-7-3-6-14(16(15)19)17(20)13-9-8-11-4-1-2-5-12(11)10-13/h3,6-10,17,20H,1-2,4-5H2. The highest BCUT2D eigenvalue weighted by Crippen LogP contribution is 2.30. The predicted octanol–water partition coefficient (Wildman–Crippen LogP) is 4.44. The first-order valence-electron chi connectivity index (χ1n) is 6.90. The van der Waals surface area contributed by atoms with Crippen LogP contribution in [0.5, 0.6) is 0 Å². The van der Waals surface area contributed by atoms with Crippen molar-refractivity contribution < 1.29 is 9.50 Å². The fourth-order valence-corrected chi connectivity index (χ4v) is 3.02. The molecule has 1 aliphatic rings. The Labute approximate surface area is 123 Å². The van der Waals surface area contributed by atoms with Crippen molar-refractivity contribution in [3.05, 3.63) is 69.5 Å². The van der Waals surface area contributed by atoms with Crippen molar-refractivity contribution in [1.29, 1.82) is 0 Å². The minimum absolute atomic E-state index is 0.0412. The van der Waals surface area contributed by atoms with Gasteiger partial charge in [-0.25, -0.2) is 4.39 Å². The van der Waals surface area contributed by atoms with Crippen LogP contribution in [-0.2, 0) is 12.8 Å². The molecule has 0 aliphatic heterocycles. The molecule has 0 radical (unpaired) electrons. The van der Waals surface area contributed by atoms with Gasteiger partial charge in [-0.2, -0.15) is 0 Å². The Morgan fingerprint density at radius 3 is 2.60 bits per heavy atom. The average Bonchev–Trinajstić information content (AvgIpc) is 2.49. The molecule has 1 nitrogen and oxygen atoms in total. The molecule has 1 N–H and O–H groups in total. The molecule has 0 saturated carbocycles. The van der Waals surface area contributed by atoms with Crippen molar-refractivity contribution in [2.24, 2.45) is 0 Å². The molecule has 0 amide bonds. The van der Waals surface area contributed by atoms with E-state index in [0.717, 1.165) is 18.4 Å². The summed E-state index contributed by atoms with van der Waals surface area (Å²) >= 11 is 5.77. The van der Waals surface area contributed by atoms with Gasteiger partial charge < -0.3 is 5.11 Å². The third-order valence-corrected chi connectivity index (χ3v) is 4.26. The normalized spacial score (nSPS) is 15.8. The molecule has 2 aromatic carbocycles. The molecule has 0 saturated heterocycles. The Morgan fingerprint density at radius 1 is 1.05 bits per heavy atom. The summed E-state index contributed by atoms with van der Waals surface area (Å²) in [6.45, 7) is 0. The second-order valence-corrected chi connectivity index (χ2v) is 5.69. The maximum absolute atomic E-state index is 14.0. The molecule has 3 heteroatoms. The van der Waals surface area contributed by atoms with Crippen molar-refractivity contribution in [1.82, 2.24) is 0 Å². The summed E-state index contributed by atoms with van der Waals surface area (Å²) in [6.07, 6.45) is 3.56. The largest absolute Gasteiger partial charge is 0.384 e. The summed E-state index contributed by atoms with van der Waals surface area (Å²) in [7, 11) is 0. The van der Waals surface area contributed by atoms with Crippen molar-refractivity contribution >= 4 is 11.6 Å². The van der Waals surface area contributed by atoms with Gasteiger partial charge in [-0.15, -0.1) is 0 Å². The van der Waals surface area contributed by atoms with Crippen LogP contribution in [0.3, 0.4) is 0 Å². The molecule has 3 rings (SSSR count). The maximum Gasteiger partial charge on any atom is 0.147 e. The Hall–Kier alpha value is -1.38. The minimum Gasteiger partial charge on any atom is -0.384 e. The number of aliphatic hydroxyl groups excluding tert-OH is 1. The zero-order chi connectivity index (χ0) is 14.1. The predicted molar refractivity (Wildman–Crippen MR) is 78.6 cm³/mol. The van der Waals surface area contributed by atoms with Gasteiger partial charge in [0.25, 0.3) is 0 Å². The lowest BCUT2D eigenvalue weighted by Gasteiger charge is -2.19. The van der Waals surface area contributed by atoms with Crippen molar-refractivity contribution in [2.75, 3.05) is 0 Å². The molecular weight excluding hydrogens is 275 g/mol. The van der Waals surface area contributed by atoms with E-state index in [9.17, 15) is 9.50 Å². The third-order valence-electron chi connectivity index (χ3n) is 3.96. The highest BCUT2D eigenvalue weighted by molar-refractivity contribution is 6.30. The van der Waals surface area contributed by atoms with Crippen LogP contribution in [0.15, 0.2) is 36.4 Å². The van der Waals surface area contributed by atoms with Gasteiger partial charge in [0.15, 0.2) is 0 Å². The number of fused-ring (bicyclic) bond motifs is 1. The number of aliphatic hydroxyl groups is 1. The Morgan fingerprint density at radius 2 is 1.80 bits per heavy atom. The monoisotopic (exact) mass is 290 g/mol. The molecule has 20 heavy (non-hydrogen) atoms. The zero-order valence-electron chi connectivity index (χ0n) is 11.1. The van der Waals surface area contributed by atoms with E-state index in [1.165, 1.54) is 30.0 Å². The van der Waals surface area contributed by atoms with Crippen LogP contribution in [0.1, 0.15) is 41.2 Å². The van der Waals surface area contributed by atoms with E-state index in [1.807, 2.05) is 12.1 Å². The van der Waals surface area contributed by atoms with E-state index in [-0.39, 0.29) is 10.6 Å². The number of hydrogen-bond acceptors (Lipinski definition) is 1. The lowest BCUT2D eigenvalue weighted by Crippen LogP contribution is -2.07. The molecule has 1 atom stereocenters. The molecule has 0 aromatic heterocycles. The summed E-state index contributed by atoms with van der Waals surface area (Å²) in [5.74, 6) is -0.542. The summed E-state index contributed by atoms with van der Waals surface area (Å²) in [5.41, 5.74) is 3.58. The van der Waals surface area contributed by atoms with Gasteiger partial charge in [0.05, 0.1) is 5.02 Å². The number of benzene rings is 2. The van der Waals surface area contributed by atoms with E-state index < -0.39 is 11.9 Å². The van der Waals surface area contributed by atoms with E-state index in [0.29, 0.717) is 0 Å². The van der Waals surface area contributed by atoms with Gasteiger partial charge in [0.1, 0.15) is 11.9 Å². The Kier molecular flexibility index (Phi) is 3.77. The number of halogens is 2. The van der Waals surface area contributed by atoms with Crippen LogP contribution >= 0.6 is 11.6 Å². The maximum atomic E-state index is 14.0. The fraction of sp³-hybridized carbons (Fsp3) is 0.294. The van der Waals surface area contributed by atoms with Crippen LogP contribution < -0.4 is 0 Å². The molecule has 1 unspecified atom stereocenters. The van der Waals surface area contributed by atoms with Gasteiger partial charge in [-0.05, 0) is 48.4 Å². The highest BCUT2D eigenvalue weighted by atomic mass is 35.5. The summed E-state index contributed by atoms with van der Waals surface area (Å²) in [6, 6.07) is 10.7. The lowest BCUT2D eigenvalue weighted by atomic mass is 9.88. The van der Waals surface area contributed by atoms with Gasteiger partial charge in [0.2, 0.25) is 0 Å². The van der Waals surface area contributed by atoms with E-state index in [1.54, 1.807) is 12.1 Å². The second kappa shape index (κ2) is 5.55. The van der Waals surface area contributed by atoms with Gasteiger partial charge in [-0.1, -0.05) is 41.9 Å². The Balaban J connectivity index is 1.98. The van der Waals surface area contributed by atoms with Crippen LogP contribution in [-0.4, -0.2) is 5.11 Å². The molecule has 0 bridgehead atoms. The molecule has 2 aromatic rings. The third kappa shape index (κ3) is 2.46. The second-order valence-electron chi connectivity index (χ2n) is 5.28. The van der Waals surface area contributed by atoms with E-state index >= 15 is 0 Å². The van der Waals surface area contributed by atoms with E-state index in [4.69, 9.17) is 11.6 Å². The first-order valence-corrected chi connectivity index (χ1v) is 7.28. The molecule has 0 fully saturated rings. The SMILES string of the molecule is OC(c1ccc2c(c1)CCCC2)c1cccc(Cl)c1F. The number of hydrogen-bond donors (Lipinski definition) is 1. The van der Waals surface area contributed by atoms with E-state index in [2.05, 4.69) is 6.07 Å².